The molecule has 2 rings (SSSR count). The second-order valence-electron chi connectivity index (χ2n) is 4.58. The molecule has 1 fully saturated rings. The Bertz CT molecular complexity index is 399. The zero-order chi connectivity index (χ0) is 12.1. The Morgan fingerprint density at radius 3 is 2.18 bits per heavy atom. The molecule has 0 unspecified atom stereocenters. The van der Waals surface area contributed by atoms with Crippen molar-refractivity contribution in [3.05, 3.63) is 30.1 Å². The lowest BCUT2D eigenvalue weighted by atomic mass is 10.0. The molecule has 0 aromatic heterocycles. The quantitative estimate of drug-likeness (QED) is 0.719. The molecule has 0 atom stereocenters. The molecule has 0 saturated heterocycles. The van der Waals surface area contributed by atoms with Gasteiger partial charge >= 0.3 is 0 Å². The zero-order valence-electron chi connectivity index (χ0n) is 9.79. The summed E-state index contributed by atoms with van der Waals surface area (Å²) in [4.78, 5) is 0.995. The summed E-state index contributed by atoms with van der Waals surface area (Å²) in [5, 5.41) is 9.44. The van der Waals surface area contributed by atoms with Crippen LogP contribution >= 0.6 is 11.8 Å². The molecule has 0 aliphatic heterocycles. The van der Waals surface area contributed by atoms with Gasteiger partial charge in [0.2, 0.25) is 0 Å². The maximum Gasteiger partial charge on any atom is 0.123 e. The summed E-state index contributed by atoms with van der Waals surface area (Å²) in [7, 11) is 0. The van der Waals surface area contributed by atoms with E-state index in [1.807, 2.05) is 0 Å². The Kier molecular flexibility index (Phi) is 4.06. The van der Waals surface area contributed by atoms with E-state index in [1.54, 1.807) is 23.9 Å². The van der Waals surface area contributed by atoms with E-state index in [9.17, 15) is 9.65 Å². The van der Waals surface area contributed by atoms with Gasteiger partial charge in [-0.05, 0) is 37.1 Å². The topological polar surface area (TPSA) is 23.8 Å². The van der Waals surface area contributed by atoms with Gasteiger partial charge in [0.25, 0.3) is 0 Å². The molecule has 0 radical (unpaired) electrons. The molecule has 1 aromatic carbocycles. The van der Waals surface area contributed by atoms with Crippen molar-refractivity contribution in [2.45, 2.75) is 48.2 Å². The molecule has 0 amide bonds. The van der Waals surface area contributed by atoms with Crippen LogP contribution in [0.2, 0.25) is 0 Å². The molecule has 0 bridgehead atoms. The molecular weight excluding hydrogens is 233 g/mol. The maximum absolute atomic E-state index is 12.8. The van der Waals surface area contributed by atoms with E-state index in [0.29, 0.717) is 0 Å². The molecule has 1 aliphatic rings. The summed E-state index contributed by atoms with van der Waals surface area (Å²) >= 11 is 1.61. The van der Waals surface area contributed by atoms with Gasteiger partial charge < -0.3 is 0 Å². The molecule has 1 aliphatic carbocycles. The summed E-state index contributed by atoms with van der Waals surface area (Å²) < 4.78 is 12.5. The van der Waals surface area contributed by atoms with E-state index in [2.05, 4.69) is 6.07 Å². The van der Waals surface area contributed by atoms with E-state index >= 15 is 0 Å². The van der Waals surface area contributed by atoms with Gasteiger partial charge in [0.1, 0.15) is 10.6 Å². The average molecular weight is 249 g/mol. The first kappa shape index (κ1) is 12.4. The van der Waals surface area contributed by atoms with Gasteiger partial charge in [0, 0.05) is 4.90 Å². The van der Waals surface area contributed by atoms with Crippen molar-refractivity contribution in [3.63, 3.8) is 0 Å². The number of benzene rings is 1. The van der Waals surface area contributed by atoms with Crippen LogP contribution in [0.4, 0.5) is 4.39 Å². The van der Waals surface area contributed by atoms with Crippen LogP contribution in [0.3, 0.4) is 0 Å². The van der Waals surface area contributed by atoms with Gasteiger partial charge in [0.05, 0.1) is 6.07 Å². The molecule has 3 heteroatoms. The monoisotopic (exact) mass is 249 g/mol. The third kappa shape index (κ3) is 3.23. The SMILES string of the molecule is N#CC1(Sc2ccc(F)cc2)CCCCCC1. The van der Waals surface area contributed by atoms with Gasteiger partial charge in [-0.15, -0.1) is 11.8 Å². The zero-order valence-corrected chi connectivity index (χ0v) is 10.6. The average Bonchev–Trinajstić information content (AvgIpc) is 2.58. The van der Waals surface area contributed by atoms with Crippen LogP contribution < -0.4 is 0 Å². The van der Waals surface area contributed by atoms with Crippen LogP contribution in [0.25, 0.3) is 0 Å². The molecule has 0 spiro atoms. The van der Waals surface area contributed by atoms with Crippen molar-refractivity contribution in [1.29, 1.82) is 5.26 Å². The Labute approximate surface area is 106 Å². The van der Waals surface area contributed by atoms with Crippen LogP contribution in [-0.4, -0.2) is 4.75 Å². The number of halogens is 1. The molecule has 17 heavy (non-hydrogen) atoms. The van der Waals surface area contributed by atoms with Gasteiger partial charge in [-0.25, -0.2) is 4.39 Å². The number of hydrogen-bond donors (Lipinski definition) is 0. The largest absolute Gasteiger partial charge is 0.207 e. The predicted octanol–water partition coefficient (Wildman–Crippen LogP) is 4.53. The van der Waals surface area contributed by atoms with E-state index < -0.39 is 0 Å². The van der Waals surface area contributed by atoms with Gasteiger partial charge in [0.15, 0.2) is 0 Å². The minimum atomic E-state index is -0.297. The third-order valence-corrected chi connectivity index (χ3v) is 4.64. The highest BCUT2D eigenvalue weighted by atomic mass is 32.2. The van der Waals surface area contributed by atoms with Crippen molar-refractivity contribution in [2.24, 2.45) is 0 Å². The van der Waals surface area contributed by atoms with Gasteiger partial charge in [-0.1, -0.05) is 25.7 Å². The Morgan fingerprint density at radius 1 is 1.06 bits per heavy atom. The van der Waals surface area contributed by atoms with E-state index in [-0.39, 0.29) is 10.6 Å². The van der Waals surface area contributed by atoms with Crippen LogP contribution in [0.1, 0.15) is 38.5 Å². The smallest absolute Gasteiger partial charge is 0.123 e. The predicted molar refractivity (Wildman–Crippen MR) is 68.3 cm³/mol. The molecule has 1 aromatic rings. The summed E-state index contributed by atoms with van der Waals surface area (Å²) in [6.45, 7) is 0. The van der Waals surface area contributed by atoms with Crippen molar-refractivity contribution >= 4 is 11.8 Å². The van der Waals surface area contributed by atoms with Crippen LogP contribution in [0.5, 0.6) is 0 Å². The summed E-state index contributed by atoms with van der Waals surface area (Å²) in [5.74, 6) is -0.221. The van der Waals surface area contributed by atoms with E-state index in [4.69, 9.17) is 0 Å². The fraction of sp³-hybridized carbons (Fsp3) is 0.500. The summed E-state index contributed by atoms with van der Waals surface area (Å²) in [6.07, 6.45) is 6.61. The maximum atomic E-state index is 12.8. The Hall–Kier alpha value is -1.01. The molecule has 90 valence electrons. The summed E-state index contributed by atoms with van der Waals surface area (Å²) in [6, 6.07) is 8.95. The van der Waals surface area contributed by atoms with E-state index in [1.165, 1.54) is 25.0 Å². The number of rotatable bonds is 2. The highest BCUT2D eigenvalue weighted by molar-refractivity contribution is 8.01. The fourth-order valence-electron chi connectivity index (χ4n) is 2.26. The lowest BCUT2D eigenvalue weighted by molar-refractivity contribution is 0.617. The van der Waals surface area contributed by atoms with Crippen LogP contribution in [0, 0.1) is 17.1 Å². The van der Waals surface area contributed by atoms with Crippen LogP contribution in [0.15, 0.2) is 29.2 Å². The van der Waals surface area contributed by atoms with E-state index in [0.717, 1.165) is 30.6 Å². The lowest BCUT2D eigenvalue weighted by Gasteiger charge is -2.23. The lowest BCUT2D eigenvalue weighted by Crippen LogP contribution is -2.20. The van der Waals surface area contributed by atoms with Crippen molar-refractivity contribution in [3.8, 4) is 6.07 Å². The first-order valence-corrected chi connectivity index (χ1v) is 6.92. The minimum Gasteiger partial charge on any atom is -0.207 e. The molecule has 1 saturated carbocycles. The number of hydrogen-bond acceptors (Lipinski definition) is 2. The summed E-state index contributed by atoms with van der Waals surface area (Å²) in [5.41, 5.74) is 0. The molecule has 1 nitrogen and oxygen atoms in total. The molecular formula is C14H16FNS. The first-order valence-electron chi connectivity index (χ1n) is 6.10. The standard InChI is InChI=1S/C14H16FNS/c15-12-5-7-13(8-6-12)17-14(11-16)9-3-1-2-4-10-14/h5-8H,1-4,9-10H2. The fourth-order valence-corrected chi connectivity index (χ4v) is 3.53. The second kappa shape index (κ2) is 5.55. The van der Waals surface area contributed by atoms with Gasteiger partial charge in [-0.2, -0.15) is 5.26 Å². The highest BCUT2D eigenvalue weighted by Gasteiger charge is 2.32. The highest BCUT2D eigenvalue weighted by Crippen LogP contribution is 2.42. The van der Waals surface area contributed by atoms with Crippen molar-refractivity contribution < 1.29 is 4.39 Å². The number of nitrogens with zero attached hydrogens (tertiary/aromatic N) is 1. The normalized spacial score (nSPS) is 19.3. The second-order valence-corrected chi connectivity index (χ2v) is 6.03. The molecule has 0 heterocycles. The number of nitriles is 1. The first-order chi connectivity index (χ1) is 8.24. The Morgan fingerprint density at radius 2 is 1.65 bits per heavy atom. The van der Waals surface area contributed by atoms with Crippen molar-refractivity contribution in [2.75, 3.05) is 0 Å². The number of thioether (sulfide) groups is 1. The Balaban J connectivity index is 2.13. The minimum absolute atomic E-state index is 0.221. The molecule has 0 N–H and O–H groups in total. The van der Waals surface area contributed by atoms with Crippen LogP contribution in [-0.2, 0) is 0 Å². The van der Waals surface area contributed by atoms with Crippen molar-refractivity contribution in [1.82, 2.24) is 0 Å². The third-order valence-electron chi connectivity index (χ3n) is 3.24. The van der Waals surface area contributed by atoms with Gasteiger partial charge in [-0.3, -0.25) is 0 Å².